The standard InChI is InChI=1S/C10H17F2NO/c1-8-3-4-13(5-10(8,11)12)9(2)6-14-7-9/h8H,3-7H2,1-2H3. The van der Waals surface area contributed by atoms with Crippen molar-refractivity contribution < 1.29 is 13.5 Å². The molecular weight excluding hydrogens is 188 g/mol. The molecule has 0 radical (unpaired) electrons. The van der Waals surface area contributed by atoms with Crippen molar-refractivity contribution in [3.8, 4) is 0 Å². The van der Waals surface area contributed by atoms with Gasteiger partial charge in [-0.3, -0.25) is 4.90 Å². The molecule has 14 heavy (non-hydrogen) atoms. The Morgan fingerprint density at radius 3 is 2.43 bits per heavy atom. The molecule has 1 atom stereocenters. The van der Waals surface area contributed by atoms with Crippen molar-refractivity contribution in [2.24, 2.45) is 5.92 Å². The zero-order chi connectivity index (χ0) is 10.4. The van der Waals surface area contributed by atoms with Crippen molar-refractivity contribution in [1.82, 2.24) is 4.90 Å². The third kappa shape index (κ3) is 1.54. The fourth-order valence-corrected chi connectivity index (χ4v) is 2.09. The maximum atomic E-state index is 13.5. The van der Waals surface area contributed by atoms with E-state index in [9.17, 15) is 8.78 Å². The van der Waals surface area contributed by atoms with E-state index in [0.29, 0.717) is 19.6 Å². The van der Waals surface area contributed by atoms with E-state index in [0.717, 1.165) is 6.54 Å². The lowest BCUT2D eigenvalue weighted by atomic mass is 9.89. The highest BCUT2D eigenvalue weighted by Gasteiger charge is 2.49. The molecule has 0 aromatic rings. The molecule has 0 aromatic carbocycles. The van der Waals surface area contributed by atoms with Crippen LogP contribution in [-0.2, 0) is 4.74 Å². The number of piperidine rings is 1. The summed E-state index contributed by atoms with van der Waals surface area (Å²) in [6, 6.07) is 0. The second-order valence-corrected chi connectivity index (χ2v) is 4.86. The molecule has 4 heteroatoms. The van der Waals surface area contributed by atoms with Crippen LogP contribution < -0.4 is 0 Å². The predicted octanol–water partition coefficient (Wildman–Crippen LogP) is 1.75. The first-order valence-corrected chi connectivity index (χ1v) is 5.15. The number of likely N-dealkylation sites (tertiary alicyclic amines) is 1. The molecule has 2 heterocycles. The molecule has 1 unspecified atom stereocenters. The minimum absolute atomic E-state index is 0.103. The van der Waals surface area contributed by atoms with E-state index < -0.39 is 11.8 Å². The molecule has 2 fully saturated rings. The van der Waals surface area contributed by atoms with Crippen LogP contribution >= 0.6 is 0 Å². The highest BCUT2D eigenvalue weighted by Crippen LogP contribution is 2.37. The Balaban J connectivity index is 2.03. The van der Waals surface area contributed by atoms with E-state index in [-0.39, 0.29) is 12.1 Å². The SMILES string of the molecule is CC1CCN(C2(C)COC2)CC1(F)F. The van der Waals surface area contributed by atoms with Crippen LogP contribution in [0.1, 0.15) is 20.3 Å². The summed E-state index contributed by atoms with van der Waals surface area (Å²) in [4.78, 5) is 1.89. The first-order valence-electron chi connectivity index (χ1n) is 5.15. The third-order valence-corrected chi connectivity index (χ3v) is 3.54. The zero-order valence-electron chi connectivity index (χ0n) is 8.72. The van der Waals surface area contributed by atoms with Gasteiger partial charge in [0.05, 0.1) is 25.3 Å². The Hall–Kier alpha value is -0.220. The van der Waals surface area contributed by atoms with Crippen molar-refractivity contribution in [3.63, 3.8) is 0 Å². The number of hydrogen-bond acceptors (Lipinski definition) is 2. The number of halogens is 2. The second-order valence-electron chi connectivity index (χ2n) is 4.86. The van der Waals surface area contributed by atoms with E-state index >= 15 is 0 Å². The summed E-state index contributed by atoms with van der Waals surface area (Å²) in [5.41, 5.74) is -0.135. The lowest BCUT2D eigenvalue weighted by Gasteiger charge is -2.51. The average Bonchev–Trinajstić information content (AvgIpc) is 2.05. The van der Waals surface area contributed by atoms with Gasteiger partial charge in [-0.15, -0.1) is 0 Å². The van der Waals surface area contributed by atoms with Crippen molar-refractivity contribution in [2.45, 2.75) is 31.7 Å². The molecule has 2 saturated heterocycles. The fraction of sp³-hybridized carbons (Fsp3) is 1.00. The van der Waals surface area contributed by atoms with Gasteiger partial charge in [0.2, 0.25) is 0 Å². The maximum Gasteiger partial charge on any atom is 0.263 e. The largest absolute Gasteiger partial charge is 0.377 e. The zero-order valence-corrected chi connectivity index (χ0v) is 8.72. The first-order chi connectivity index (χ1) is 6.44. The van der Waals surface area contributed by atoms with Crippen molar-refractivity contribution >= 4 is 0 Å². The Morgan fingerprint density at radius 1 is 1.36 bits per heavy atom. The van der Waals surface area contributed by atoms with Crippen LogP contribution in [0.25, 0.3) is 0 Å². The average molecular weight is 205 g/mol. The minimum atomic E-state index is -2.53. The van der Waals surface area contributed by atoms with Crippen LogP contribution in [0.15, 0.2) is 0 Å². The summed E-state index contributed by atoms with van der Waals surface area (Å²) >= 11 is 0. The Labute approximate surface area is 83.2 Å². The van der Waals surface area contributed by atoms with Crippen LogP contribution in [0, 0.1) is 5.92 Å². The van der Waals surface area contributed by atoms with Crippen molar-refractivity contribution in [3.05, 3.63) is 0 Å². The molecule has 0 saturated carbocycles. The smallest absolute Gasteiger partial charge is 0.263 e. The summed E-state index contributed by atoms with van der Waals surface area (Å²) in [5, 5.41) is 0. The molecule has 0 bridgehead atoms. The van der Waals surface area contributed by atoms with Gasteiger partial charge in [-0.25, -0.2) is 8.78 Å². The molecule has 82 valence electrons. The van der Waals surface area contributed by atoms with Crippen LogP contribution in [0.4, 0.5) is 8.78 Å². The molecule has 0 aliphatic carbocycles. The predicted molar refractivity (Wildman–Crippen MR) is 49.5 cm³/mol. The van der Waals surface area contributed by atoms with Gasteiger partial charge in [0.25, 0.3) is 5.92 Å². The molecule has 2 aliphatic rings. The van der Waals surface area contributed by atoms with Crippen LogP contribution in [0.3, 0.4) is 0 Å². The fourth-order valence-electron chi connectivity index (χ4n) is 2.09. The topological polar surface area (TPSA) is 12.5 Å². The molecule has 2 rings (SSSR count). The van der Waals surface area contributed by atoms with Crippen LogP contribution in [0.5, 0.6) is 0 Å². The van der Waals surface area contributed by atoms with Gasteiger partial charge in [-0.1, -0.05) is 6.92 Å². The van der Waals surface area contributed by atoms with E-state index in [1.807, 2.05) is 11.8 Å². The van der Waals surface area contributed by atoms with E-state index in [2.05, 4.69) is 0 Å². The maximum absolute atomic E-state index is 13.5. The van der Waals surface area contributed by atoms with Gasteiger partial charge < -0.3 is 4.74 Å². The highest BCUT2D eigenvalue weighted by atomic mass is 19.3. The summed E-state index contributed by atoms with van der Waals surface area (Å²) in [6.45, 7) is 5.50. The number of alkyl halides is 2. The highest BCUT2D eigenvalue weighted by molar-refractivity contribution is 4.97. The molecule has 0 spiro atoms. The van der Waals surface area contributed by atoms with Crippen LogP contribution in [-0.4, -0.2) is 42.7 Å². The number of hydrogen-bond donors (Lipinski definition) is 0. The quantitative estimate of drug-likeness (QED) is 0.646. The number of rotatable bonds is 1. The van der Waals surface area contributed by atoms with Crippen molar-refractivity contribution in [1.29, 1.82) is 0 Å². The second kappa shape index (κ2) is 3.14. The van der Waals surface area contributed by atoms with Crippen molar-refractivity contribution in [2.75, 3.05) is 26.3 Å². The summed E-state index contributed by atoms with van der Waals surface area (Å²) in [6.07, 6.45) is 0.586. The number of nitrogens with zero attached hydrogens (tertiary/aromatic N) is 1. The van der Waals surface area contributed by atoms with E-state index in [4.69, 9.17) is 4.74 Å². The summed E-state index contributed by atoms with van der Waals surface area (Å²) in [7, 11) is 0. The first kappa shape index (κ1) is 10.3. The molecule has 2 nitrogen and oxygen atoms in total. The Bertz CT molecular complexity index is 228. The molecule has 0 amide bonds. The van der Waals surface area contributed by atoms with Gasteiger partial charge >= 0.3 is 0 Å². The molecule has 0 N–H and O–H groups in total. The molecule has 2 aliphatic heterocycles. The summed E-state index contributed by atoms with van der Waals surface area (Å²) < 4.78 is 32.0. The minimum Gasteiger partial charge on any atom is -0.377 e. The van der Waals surface area contributed by atoms with Gasteiger partial charge in [0, 0.05) is 5.92 Å². The monoisotopic (exact) mass is 205 g/mol. The van der Waals surface area contributed by atoms with Gasteiger partial charge in [0.15, 0.2) is 0 Å². The molecule has 0 aromatic heterocycles. The Morgan fingerprint density at radius 2 is 2.00 bits per heavy atom. The lowest BCUT2D eigenvalue weighted by Crippen LogP contribution is -2.65. The van der Waals surface area contributed by atoms with E-state index in [1.165, 1.54) is 0 Å². The van der Waals surface area contributed by atoms with Crippen LogP contribution in [0.2, 0.25) is 0 Å². The normalized spacial score (nSPS) is 36.4. The lowest BCUT2D eigenvalue weighted by molar-refractivity contribution is -0.186. The Kier molecular flexibility index (Phi) is 2.31. The third-order valence-electron chi connectivity index (χ3n) is 3.54. The number of ether oxygens (including phenoxy) is 1. The van der Waals surface area contributed by atoms with Gasteiger partial charge in [0.1, 0.15) is 0 Å². The van der Waals surface area contributed by atoms with Gasteiger partial charge in [-0.05, 0) is 19.9 Å². The van der Waals surface area contributed by atoms with Gasteiger partial charge in [-0.2, -0.15) is 0 Å². The molecular formula is C10H17F2NO. The summed E-state index contributed by atoms with van der Waals surface area (Å²) in [5.74, 6) is -3.01. The van der Waals surface area contributed by atoms with E-state index in [1.54, 1.807) is 6.92 Å².